The summed E-state index contributed by atoms with van der Waals surface area (Å²) in [6.07, 6.45) is 2.85. The summed E-state index contributed by atoms with van der Waals surface area (Å²) < 4.78 is 34.1. The first-order chi connectivity index (χ1) is 17.9. The summed E-state index contributed by atoms with van der Waals surface area (Å²) in [5, 5.41) is 3.35. The third kappa shape index (κ3) is 5.92. The summed E-state index contributed by atoms with van der Waals surface area (Å²) >= 11 is 5.95. The topological polar surface area (TPSA) is 79.0 Å². The van der Waals surface area contributed by atoms with E-state index in [1.165, 1.54) is 53.4 Å². The molecule has 194 valence electrons. The van der Waals surface area contributed by atoms with Crippen molar-refractivity contribution in [2.24, 2.45) is 0 Å². The molecule has 0 radical (unpaired) electrons. The highest BCUT2D eigenvalue weighted by Gasteiger charge is 2.37. The van der Waals surface area contributed by atoms with Gasteiger partial charge in [-0.05, 0) is 73.5 Å². The summed E-state index contributed by atoms with van der Waals surface area (Å²) in [4.78, 5) is 15.7. The van der Waals surface area contributed by atoms with Crippen LogP contribution in [0.1, 0.15) is 30.4 Å². The number of para-hydroxylation sites is 2. The normalized spacial score (nSPS) is 18.1. The highest BCUT2D eigenvalue weighted by atomic mass is 35.5. The second-order valence-electron chi connectivity index (χ2n) is 9.44. The number of anilines is 1. The van der Waals surface area contributed by atoms with Crippen LogP contribution in [0.5, 0.6) is 5.75 Å². The highest BCUT2D eigenvalue weighted by Crippen LogP contribution is 2.37. The molecule has 0 aromatic heterocycles. The molecule has 1 saturated heterocycles. The third-order valence-corrected chi connectivity index (χ3v) is 8.82. The smallest absolute Gasteiger partial charge is 0.264 e. The molecule has 1 fully saturated rings. The van der Waals surface area contributed by atoms with Crippen molar-refractivity contribution in [3.05, 3.63) is 88.9 Å². The largest absolute Gasteiger partial charge is 0.476 e. The zero-order valence-electron chi connectivity index (χ0n) is 20.5. The van der Waals surface area contributed by atoms with Gasteiger partial charge in [0.15, 0.2) is 6.10 Å². The predicted octanol–water partition coefficient (Wildman–Crippen LogP) is 4.60. The van der Waals surface area contributed by atoms with Crippen molar-refractivity contribution >= 4 is 33.2 Å². The van der Waals surface area contributed by atoms with Crippen LogP contribution in [0.4, 0.5) is 5.69 Å². The number of hydrogen-bond acceptors (Lipinski definition) is 5. The van der Waals surface area contributed by atoms with Gasteiger partial charge in [-0.2, -0.15) is 0 Å². The lowest BCUT2D eigenvalue weighted by Crippen LogP contribution is -2.50. The zero-order chi connectivity index (χ0) is 25.8. The Hall–Kier alpha value is -3.07. The molecular weight excluding hydrogens is 510 g/mol. The van der Waals surface area contributed by atoms with Crippen molar-refractivity contribution in [2.45, 2.75) is 43.4 Å². The quantitative estimate of drug-likeness (QED) is 0.475. The SMILES string of the molecule is O=C(NCc1ccc(CN2CCCCC2)cc1)[C@@H]1CN(S(=O)(=O)c2ccc(Cl)cc2)c2ccccc2O1. The maximum absolute atomic E-state index is 13.5. The first kappa shape index (κ1) is 25.6. The second kappa shape index (κ2) is 11.1. The summed E-state index contributed by atoms with van der Waals surface area (Å²) in [7, 11) is -3.93. The number of benzene rings is 3. The van der Waals surface area contributed by atoms with Gasteiger partial charge in [0.05, 0.1) is 17.1 Å². The molecule has 7 nitrogen and oxygen atoms in total. The Labute approximate surface area is 223 Å². The molecule has 0 saturated carbocycles. The third-order valence-electron chi connectivity index (χ3n) is 6.77. The molecule has 0 unspecified atom stereocenters. The van der Waals surface area contributed by atoms with E-state index in [-0.39, 0.29) is 17.3 Å². The molecule has 0 aliphatic carbocycles. The number of carbonyl (C=O) groups is 1. The van der Waals surface area contributed by atoms with E-state index in [1.54, 1.807) is 24.3 Å². The average molecular weight is 540 g/mol. The molecule has 3 aromatic carbocycles. The Balaban J connectivity index is 1.26. The summed E-state index contributed by atoms with van der Waals surface area (Å²) in [5.41, 5.74) is 2.62. The van der Waals surface area contributed by atoms with Crippen LogP contribution >= 0.6 is 11.6 Å². The number of piperidine rings is 1. The van der Waals surface area contributed by atoms with Gasteiger partial charge in [0.1, 0.15) is 5.75 Å². The minimum Gasteiger partial charge on any atom is -0.476 e. The number of ether oxygens (including phenoxy) is 1. The number of sulfonamides is 1. The van der Waals surface area contributed by atoms with E-state index in [0.29, 0.717) is 23.0 Å². The molecule has 1 atom stereocenters. The van der Waals surface area contributed by atoms with Crippen LogP contribution in [0.3, 0.4) is 0 Å². The van der Waals surface area contributed by atoms with Crippen LogP contribution in [-0.2, 0) is 27.9 Å². The Morgan fingerprint density at radius 1 is 0.919 bits per heavy atom. The maximum Gasteiger partial charge on any atom is 0.264 e. The van der Waals surface area contributed by atoms with Crippen LogP contribution in [0.25, 0.3) is 0 Å². The van der Waals surface area contributed by atoms with Gasteiger partial charge in [-0.1, -0.05) is 54.4 Å². The Morgan fingerprint density at radius 3 is 2.32 bits per heavy atom. The van der Waals surface area contributed by atoms with E-state index in [4.69, 9.17) is 16.3 Å². The van der Waals surface area contributed by atoms with Crippen LogP contribution in [0.2, 0.25) is 5.02 Å². The second-order valence-corrected chi connectivity index (χ2v) is 11.7. The number of fused-ring (bicyclic) bond motifs is 1. The lowest BCUT2D eigenvalue weighted by molar-refractivity contribution is -0.127. The average Bonchev–Trinajstić information content (AvgIpc) is 2.92. The molecule has 2 aliphatic heterocycles. The maximum atomic E-state index is 13.5. The highest BCUT2D eigenvalue weighted by molar-refractivity contribution is 7.92. The molecular formula is C28H30ClN3O4S. The van der Waals surface area contributed by atoms with Gasteiger partial charge in [-0.25, -0.2) is 8.42 Å². The molecule has 1 amide bonds. The number of nitrogens with one attached hydrogen (secondary N) is 1. The van der Waals surface area contributed by atoms with Gasteiger partial charge in [-0.15, -0.1) is 0 Å². The van der Waals surface area contributed by atoms with Crippen LogP contribution in [0, 0.1) is 0 Å². The van der Waals surface area contributed by atoms with Crippen molar-refractivity contribution in [3.63, 3.8) is 0 Å². The van der Waals surface area contributed by atoms with Gasteiger partial charge in [0, 0.05) is 18.1 Å². The van der Waals surface area contributed by atoms with Gasteiger partial charge in [-0.3, -0.25) is 14.0 Å². The Morgan fingerprint density at radius 2 is 1.59 bits per heavy atom. The summed E-state index contributed by atoms with van der Waals surface area (Å²) in [6, 6.07) is 21.0. The van der Waals surface area contributed by atoms with Gasteiger partial charge in [0.25, 0.3) is 15.9 Å². The molecule has 0 bridgehead atoms. The van der Waals surface area contributed by atoms with E-state index < -0.39 is 16.1 Å². The lowest BCUT2D eigenvalue weighted by Gasteiger charge is -2.34. The molecule has 3 aromatic rings. The summed E-state index contributed by atoms with van der Waals surface area (Å²) in [6.45, 7) is 3.43. The van der Waals surface area contributed by atoms with Crippen LogP contribution in [0.15, 0.2) is 77.7 Å². The van der Waals surface area contributed by atoms with Crippen molar-refractivity contribution in [1.82, 2.24) is 10.2 Å². The molecule has 1 N–H and O–H groups in total. The van der Waals surface area contributed by atoms with Gasteiger partial charge >= 0.3 is 0 Å². The number of nitrogens with zero attached hydrogens (tertiary/aromatic N) is 2. The van der Waals surface area contributed by atoms with Gasteiger partial charge in [0.2, 0.25) is 0 Å². The fraction of sp³-hybridized carbons (Fsp3) is 0.321. The van der Waals surface area contributed by atoms with E-state index in [0.717, 1.165) is 25.2 Å². The molecule has 5 rings (SSSR count). The monoisotopic (exact) mass is 539 g/mol. The zero-order valence-corrected chi connectivity index (χ0v) is 22.0. The van der Waals surface area contributed by atoms with Crippen molar-refractivity contribution < 1.29 is 17.9 Å². The number of carbonyl (C=O) groups excluding carboxylic acids is 1. The van der Waals surface area contributed by atoms with Crippen molar-refractivity contribution in [2.75, 3.05) is 23.9 Å². The fourth-order valence-electron chi connectivity index (χ4n) is 4.74. The molecule has 37 heavy (non-hydrogen) atoms. The number of amides is 1. The fourth-order valence-corrected chi connectivity index (χ4v) is 6.34. The molecule has 2 aliphatic rings. The van der Waals surface area contributed by atoms with Crippen molar-refractivity contribution in [1.29, 1.82) is 0 Å². The Kier molecular flexibility index (Phi) is 7.69. The number of rotatable bonds is 7. The minimum atomic E-state index is -3.93. The molecule has 2 heterocycles. The van der Waals surface area contributed by atoms with E-state index in [1.807, 2.05) is 12.1 Å². The minimum absolute atomic E-state index is 0.0948. The first-order valence-corrected chi connectivity index (χ1v) is 14.3. The van der Waals surface area contributed by atoms with E-state index >= 15 is 0 Å². The molecule has 9 heteroatoms. The van der Waals surface area contributed by atoms with Crippen molar-refractivity contribution in [3.8, 4) is 5.75 Å². The van der Waals surface area contributed by atoms with Crippen LogP contribution in [-0.4, -0.2) is 45.0 Å². The van der Waals surface area contributed by atoms with E-state index in [2.05, 4.69) is 22.3 Å². The van der Waals surface area contributed by atoms with E-state index in [9.17, 15) is 13.2 Å². The Bertz CT molecular complexity index is 1340. The lowest BCUT2D eigenvalue weighted by atomic mass is 10.1. The summed E-state index contributed by atoms with van der Waals surface area (Å²) in [5.74, 6) is -0.0308. The predicted molar refractivity (Wildman–Crippen MR) is 144 cm³/mol. The first-order valence-electron chi connectivity index (χ1n) is 12.5. The number of halogens is 1. The molecule has 0 spiro atoms. The van der Waals surface area contributed by atoms with Gasteiger partial charge < -0.3 is 10.1 Å². The van der Waals surface area contributed by atoms with Crippen LogP contribution < -0.4 is 14.4 Å². The standard InChI is InChI=1S/C28H30ClN3O4S/c29-23-12-14-24(15-13-23)37(34,35)32-20-27(36-26-7-3-2-6-25(26)32)28(33)30-18-21-8-10-22(11-9-21)19-31-16-4-1-5-17-31/h2-3,6-15,27H,1,4-5,16-20H2,(H,30,33)/t27-/m0/s1. The number of hydrogen-bond donors (Lipinski definition) is 1. The number of likely N-dealkylation sites (tertiary alicyclic amines) is 1.